The molecule has 0 saturated heterocycles. The normalized spacial score (nSPS) is 12.6. The van der Waals surface area contributed by atoms with Crippen LogP contribution in [0.1, 0.15) is 72.6 Å². The number of aromatic nitrogens is 3. The largest absolute Gasteiger partial charge is 0.490 e. The highest BCUT2D eigenvalue weighted by molar-refractivity contribution is 7.81. The summed E-state index contributed by atoms with van der Waals surface area (Å²) in [6.45, 7) is 11.5. The van der Waals surface area contributed by atoms with Crippen molar-refractivity contribution in [1.82, 2.24) is 14.6 Å². The monoisotopic (exact) mass is 628 g/mol. The van der Waals surface area contributed by atoms with Gasteiger partial charge in [-0.25, -0.2) is 18.1 Å². The molecule has 0 bridgehead atoms. The van der Waals surface area contributed by atoms with Crippen LogP contribution in [0.4, 0.5) is 4.39 Å². The smallest absolute Gasteiger partial charge is 0.290 e. The van der Waals surface area contributed by atoms with Crippen LogP contribution in [-0.4, -0.2) is 54.0 Å². The molecule has 3 heterocycles. The van der Waals surface area contributed by atoms with Crippen molar-refractivity contribution in [2.75, 3.05) is 6.61 Å². The molecule has 4 aromatic rings. The summed E-state index contributed by atoms with van der Waals surface area (Å²) in [5.74, 6) is 0.459. The number of carboxylic acid groups (broad SMARTS) is 1. The van der Waals surface area contributed by atoms with Gasteiger partial charge in [0.15, 0.2) is 23.5 Å². The zero-order chi connectivity index (χ0) is 33.0. The second kappa shape index (κ2) is 16.7. The Labute approximate surface area is 259 Å². The molecular formula is C32H41FN4O6S. The number of ether oxygens (including phenoxy) is 1. The van der Waals surface area contributed by atoms with Crippen molar-refractivity contribution in [3.63, 3.8) is 0 Å². The first-order valence-corrected chi connectivity index (χ1v) is 15.4. The molecule has 0 spiro atoms. The average Bonchev–Trinajstić information content (AvgIpc) is 3.37. The molecule has 0 radical (unpaired) electrons. The van der Waals surface area contributed by atoms with Crippen LogP contribution in [0.5, 0.6) is 5.75 Å². The third-order valence-electron chi connectivity index (χ3n) is 6.24. The van der Waals surface area contributed by atoms with Gasteiger partial charge < -0.3 is 14.9 Å². The Bertz CT molecular complexity index is 1580. The van der Waals surface area contributed by atoms with Crippen molar-refractivity contribution >= 4 is 29.4 Å². The van der Waals surface area contributed by atoms with Gasteiger partial charge in [0, 0.05) is 22.9 Å². The molecule has 0 saturated carbocycles. The molecule has 12 heteroatoms. The number of halogens is 1. The van der Waals surface area contributed by atoms with Crippen molar-refractivity contribution in [2.24, 2.45) is 5.14 Å². The van der Waals surface area contributed by atoms with Crippen molar-refractivity contribution in [3.05, 3.63) is 81.9 Å². The SMILES string of the molecule is CC(C)(C)O.CCc1c(C)nc2cc(C=O)nn2c1-c1cc(F)c2c(c1C)CCCO2.NS(=O)Cc1ccccc1.O=CO. The summed E-state index contributed by atoms with van der Waals surface area (Å²) in [5, 5.41) is 24.9. The van der Waals surface area contributed by atoms with Crippen molar-refractivity contribution in [1.29, 1.82) is 0 Å². The van der Waals surface area contributed by atoms with Crippen molar-refractivity contribution in [2.45, 2.75) is 72.2 Å². The molecule has 44 heavy (non-hydrogen) atoms. The number of carbonyl (C=O) groups is 2. The number of nitrogens with two attached hydrogens (primary N) is 1. The van der Waals surface area contributed by atoms with Gasteiger partial charge in [0.25, 0.3) is 6.47 Å². The van der Waals surface area contributed by atoms with E-state index >= 15 is 0 Å². The Morgan fingerprint density at radius 3 is 2.32 bits per heavy atom. The quantitative estimate of drug-likeness (QED) is 0.257. The van der Waals surface area contributed by atoms with E-state index in [-0.39, 0.29) is 12.3 Å². The van der Waals surface area contributed by atoms with E-state index in [9.17, 15) is 13.4 Å². The average molecular weight is 629 g/mol. The molecule has 4 N–H and O–H groups in total. The Balaban J connectivity index is 0.000000308. The minimum atomic E-state index is -1.22. The van der Waals surface area contributed by atoms with Crippen molar-refractivity contribution < 1.29 is 33.1 Å². The van der Waals surface area contributed by atoms with Crippen LogP contribution in [0.15, 0.2) is 42.5 Å². The minimum Gasteiger partial charge on any atom is -0.490 e. The van der Waals surface area contributed by atoms with E-state index in [0.717, 1.165) is 58.5 Å². The maximum atomic E-state index is 14.8. The number of nitrogens with zero attached hydrogens (tertiary/aromatic N) is 3. The third kappa shape index (κ3) is 10.3. The second-order valence-corrected chi connectivity index (χ2v) is 12.0. The number of benzene rings is 2. The Morgan fingerprint density at radius 2 is 1.77 bits per heavy atom. The van der Waals surface area contributed by atoms with E-state index in [1.165, 1.54) is 6.07 Å². The van der Waals surface area contributed by atoms with Gasteiger partial charge in [-0.15, -0.1) is 0 Å². The van der Waals surface area contributed by atoms with Crippen LogP contribution in [-0.2, 0) is 34.4 Å². The van der Waals surface area contributed by atoms with Gasteiger partial charge in [-0.3, -0.25) is 14.7 Å². The number of hydrogen-bond acceptors (Lipinski definition) is 7. The molecule has 1 aliphatic rings. The molecule has 10 nitrogen and oxygen atoms in total. The van der Waals surface area contributed by atoms with E-state index in [2.05, 4.69) is 10.1 Å². The zero-order valence-corrected chi connectivity index (χ0v) is 26.8. The van der Waals surface area contributed by atoms with Crippen LogP contribution in [0.3, 0.4) is 0 Å². The molecular weight excluding hydrogens is 587 g/mol. The summed E-state index contributed by atoms with van der Waals surface area (Å²) in [7, 11) is -1.22. The molecule has 0 fully saturated rings. The standard InChI is InChI=1S/C20H20FN3O2.C7H9NOS.C4H10O.CH2O2/c1-4-14-12(3)22-18-8-13(10-25)23-24(18)19(14)16-9-17(21)20-15(11(16)2)6-5-7-26-20;8-10(9)6-7-4-2-1-3-5-7;1-4(2,3)5;2-1-3/h8-10H,4-7H2,1-3H3;1-5H,6,8H2;5H,1-3H3;1H,(H,2,3). The highest BCUT2D eigenvalue weighted by Crippen LogP contribution is 2.38. The van der Waals surface area contributed by atoms with Gasteiger partial charge in [-0.05, 0) is 76.6 Å². The summed E-state index contributed by atoms with van der Waals surface area (Å²) >= 11 is 0. The maximum absolute atomic E-state index is 14.8. The second-order valence-electron chi connectivity index (χ2n) is 10.9. The number of carbonyl (C=O) groups excluding carboxylic acids is 1. The summed E-state index contributed by atoms with van der Waals surface area (Å²) in [5.41, 5.74) is 6.76. The number of aryl methyl sites for hydroxylation is 1. The van der Waals surface area contributed by atoms with Gasteiger partial charge in [-0.1, -0.05) is 37.3 Å². The Hall–Kier alpha value is -4.00. The fraction of sp³-hybridized carbons (Fsp3) is 0.375. The highest BCUT2D eigenvalue weighted by Gasteiger charge is 2.24. The Morgan fingerprint density at radius 1 is 1.16 bits per heavy atom. The molecule has 238 valence electrons. The van der Waals surface area contributed by atoms with Gasteiger partial charge in [-0.2, -0.15) is 5.10 Å². The minimum absolute atomic E-state index is 0.250. The van der Waals surface area contributed by atoms with E-state index < -0.39 is 16.6 Å². The Kier molecular flexibility index (Phi) is 13.8. The highest BCUT2D eigenvalue weighted by atomic mass is 32.2. The van der Waals surface area contributed by atoms with E-state index in [4.69, 9.17) is 24.9 Å². The third-order valence-corrected chi connectivity index (χ3v) is 6.86. The number of aliphatic hydroxyl groups is 1. The summed E-state index contributed by atoms with van der Waals surface area (Å²) < 4.78 is 32.5. The lowest BCUT2D eigenvalue weighted by molar-refractivity contribution is -0.122. The molecule has 2 aromatic carbocycles. The first-order chi connectivity index (χ1) is 20.7. The maximum Gasteiger partial charge on any atom is 0.290 e. The van der Waals surface area contributed by atoms with Crippen molar-refractivity contribution in [3.8, 4) is 17.0 Å². The summed E-state index contributed by atoms with van der Waals surface area (Å²) in [6, 6.07) is 12.7. The first-order valence-electron chi connectivity index (χ1n) is 14.0. The number of rotatable bonds is 5. The van der Waals surface area contributed by atoms with Crippen LogP contribution in [0.2, 0.25) is 0 Å². The molecule has 5 rings (SSSR count). The van der Waals surface area contributed by atoms with Gasteiger partial charge in [0.05, 0.1) is 34.6 Å². The molecule has 2 aromatic heterocycles. The fourth-order valence-electron chi connectivity index (χ4n) is 4.57. The van der Waals surface area contributed by atoms with E-state index in [1.54, 1.807) is 31.4 Å². The summed E-state index contributed by atoms with van der Waals surface area (Å²) in [6.07, 6.45) is 3.10. The fourth-order valence-corrected chi connectivity index (χ4v) is 5.09. The van der Waals surface area contributed by atoms with Crippen LogP contribution < -0.4 is 9.88 Å². The topological polar surface area (TPSA) is 157 Å². The number of hydrogen-bond donors (Lipinski definition) is 3. The van der Waals surface area contributed by atoms with Gasteiger partial charge in [0.1, 0.15) is 5.69 Å². The predicted molar refractivity (Wildman–Crippen MR) is 170 cm³/mol. The lowest BCUT2D eigenvalue weighted by atomic mass is 9.92. The zero-order valence-electron chi connectivity index (χ0n) is 26.0. The lowest BCUT2D eigenvalue weighted by Gasteiger charge is -2.23. The lowest BCUT2D eigenvalue weighted by Crippen LogP contribution is -2.13. The first kappa shape index (κ1) is 36.2. The molecule has 1 unspecified atom stereocenters. The van der Waals surface area contributed by atoms with Gasteiger partial charge in [0.2, 0.25) is 0 Å². The van der Waals surface area contributed by atoms with Gasteiger partial charge >= 0.3 is 0 Å². The molecule has 0 aliphatic carbocycles. The number of fused-ring (bicyclic) bond motifs is 2. The predicted octanol–water partition coefficient (Wildman–Crippen LogP) is 5.14. The molecule has 1 aliphatic heterocycles. The van der Waals surface area contributed by atoms with Crippen LogP contribution in [0, 0.1) is 19.7 Å². The molecule has 1 atom stereocenters. The summed E-state index contributed by atoms with van der Waals surface area (Å²) in [4.78, 5) is 24.1. The van der Waals surface area contributed by atoms with E-state index in [0.29, 0.717) is 35.7 Å². The molecule has 0 amide bonds. The van der Waals surface area contributed by atoms with Crippen LogP contribution in [0.25, 0.3) is 16.9 Å². The number of aldehydes is 1. The van der Waals surface area contributed by atoms with E-state index in [1.807, 2.05) is 51.1 Å². The van der Waals surface area contributed by atoms with Crippen LogP contribution >= 0.6 is 0 Å².